The van der Waals surface area contributed by atoms with Crippen LogP contribution in [-0.2, 0) is 11.3 Å². The molecular formula is C18H27FN2OS. The highest BCUT2D eigenvalue weighted by atomic mass is 32.2. The minimum Gasteiger partial charge on any atom is -0.352 e. The van der Waals surface area contributed by atoms with Crippen molar-refractivity contribution in [3.63, 3.8) is 0 Å². The first-order valence-electron chi connectivity index (χ1n) is 8.40. The number of thioether (sulfide) groups is 1. The largest absolute Gasteiger partial charge is 0.352 e. The summed E-state index contributed by atoms with van der Waals surface area (Å²) in [6.07, 6.45) is 1.86. The van der Waals surface area contributed by atoms with Crippen LogP contribution >= 0.6 is 11.8 Å². The monoisotopic (exact) mass is 338 g/mol. The normalized spacial score (nSPS) is 16.7. The minimum atomic E-state index is -0.247. The molecule has 1 fully saturated rings. The van der Waals surface area contributed by atoms with E-state index in [2.05, 4.69) is 24.1 Å². The third-order valence-corrected chi connectivity index (χ3v) is 5.28. The van der Waals surface area contributed by atoms with Crippen LogP contribution in [0.1, 0.15) is 32.3 Å². The van der Waals surface area contributed by atoms with Crippen molar-refractivity contribution in [1.29, 1.82) is 0 Å². The van der Waals surface area contributed by atoms with Gasteiger partial charge in [-0.3, -0.25) is 4.79 Å². The molecule has 0 aliphatic carbocycles. The first-order valence-corrected chi connectivity index (χ1v) is 9.45. The Balaban J connectivity index is 1.66. The maximum atomic E-state index is 12.9. The molecular weight excluding hydrogens is 311 g/mol. The molecule has 1 aliphatic rings. The number of nitrogens with zero attached hydrogens (tertiary/aromatic N) is 1. The van der Waals surface area contributed by atoms with Crippen molar-refractivity contribution in [2.75, 3.05) is 25.4 Å². The topological polar surface area (TPSA) is 32.3 Å². The molecule has 2 rings (SSSR count). The molecule has 1 amide bonds. The number of carbonyl (C=O) groups excluding carboxylic acids is 1. The van der Waals surface area contributed by atoms with Gasteiger partial charge in [0, 0.05) is 24.8 Å². The number of hydrogen-bond acceptors (Lipinski definition) is 3. The smallest absolute Gasteiger partial charge is 0.223 e. The summed E-state index contributed by atoms with van der Waals surface area (Å²) in [5.74, 6) is 1.16. The predicted molar refractivity (Wildman–Crippen MR) is 95.0 cm³/mol. The van der Waals surface area contributed by atoms with E-state index in [1.165, 1.54) is 17.9 Å². The summed E-state index contributed by atoms with van der Waals surface area (Å²) in [5.41, 5.74) is 0.933. The molecule has 0 spiro atoms. The number of likely N-dealkylation sites (tertiary alicyclic amines) is 1. The Bertz CT molecular complexity index is 484. The Morgan fingerprint density at radius 1 is 1.30 bits per heavy atom. The number of nitrogens with one attached hydrogen (secondary N) is 1. The van der Waals surface area contributed by atoms with E-state index in [0.717, 1.165) is 38.0 Å². The molecule has 0 bridgehead atoms. The minimum absolute atomic E-state index is 0.115. The molecule has 1 N–H and O–H groups in total. The van der Waals surface area contributed by atoms with E-state index in [1.807, 2.05) is 11.8 Å². The summed E-state index contributed by atoms with van der Waals surface area (Å²) in [4.78, 5) is 14.7. The molecule has 1 heterocycles. The van der Waals surface area contributed by atoms with Crippen LogP contribution in [-0.4, -0.2) is 41.4 Å². The average Bonchev–Trinajstić information content (AvgIpc) is 2.54. The summed E-state index contributed by atoms with van der Waals surface area (Å²) in [5, 5.41) is 3.66. The molecule has 1 saturated heterocycles. The van der Waals surface area contributed by atoms with Gasteiger partial charge in [-0.15, -0.1) is 0 Å². The van der Waals surface area contributed by atoms with Crippen molar-refractivity contribution in [3.8, 4) is 0 Å². The predicted octanol–water partition coefficient (Wildman–Crippen LogP) is 3.30. The van der Waals surface area contributed by atoms with Crippen molar-refractivity contribution >= 4 is 17.7 Å². The number of halogens is 1. The van der Waals surface area contributed by atoms with Crippen LogP contribution < -0.4 is 5.32 Å². The SMILES string of the molecule is CC(C)SCCN1CCC(C(=O)NCc2ccc(F)cc2)CC1. The van der Waals surface area contributed by atoms with Crippen LogP contribution in [0.15, 0.2) is 24.3 Å². The number of benzene rings is 1. The molecule has 1 aliphatic heterocycles. The summed E-state index contributed by atoms with van der Waals surface area (Å²) in [6.45, 7) is 8.06. The number of amides is 1. The van der Waals surface area contributed by atoms with Crippen molar-refractivity contribution in [2.45, 2.75) is 38.5 Å². The molecule has 1 aromatic rings. The van der Waals surface area contributed by atoms with Gasteiger partial charge in [0.1, 0.15) is 5.82 Å². The molecule has 128 valence electrons. The van der Waals surface area contributed by atoms with Gasteiger partial charge in [0.2, 0.25) is 5.91 Å². The number of hydrogen-bond donors (Lipinski definition) is 1. The molecule has 5 heteroatoms. The lowest BCUT2D eigenvalue weighted by atomic mass is 9.96. The van der Waals surface area contributed by atoms with Crippen LogP contribution in [0.5, 0.6) is 0 Å². The molecule has 1 aromatic carbocycles. The molecule has 0 unspecified atom stereocenters. The van der Waals surface area contributed by atoms with Gasteiger partial charge in [-0.2, -0.15) is 11.8 Å². The fraction of sp³-hybridized carbons (Fsp3) is 0.611. The maximum Gasteiger partial charge on any atom is 0.223 e. The first-order chi connectivity index (χ1) is 11.0. The Kier molecular flexibility index (Phi) is 7.37. The summed E-state index contributed by atoms with van der Waals surface area (Å²) in [7, 11) is 0. The number of rotatable bonds is 7. The van der Waals surface area contributed by atoms with E-state index in [4.69, 9.17) is 0 Å². The quantitative estimate of drug-likeness (QED) is 0.828. The standard InChI is InChI=1S/C18H27FN2OS/c1-14(2)23-12-11-21-9-7-16(8-10-21)18(22)20-13-15-3-5-17(19)6-4-15/h3-6,14,16H,7-13H2,1-2H3,(H,20,22). The van der Waals surface area contributed by atoms with Crippen LogP contribution in [0.3, 0.4) is 0 Å². The molecule has 23 heavy (non-hydrogen) atoms. The zero-order chi connectivity index (χ0) is 16.7. The van der Waals surface area contributed by atoms with E-state index in [0.29, 0.717) is 11.8 Å². The Morgan fingerprint density at radius 2 is 1.96 bits per heavy atom. The van der Waals surface area contributed by atoms with Crippen LogP contribution in [0.25, 0.3) is 0 Å². The van der Waals surface area contributed by atoms with E-state index >= 15 is 0 Å². The van der Waals surface area contributed by atoms with Gasteiger partial charge in [-0.25, -0.2) is 4.39 Å². The highest BCUT2D eigenvalue weighted by Crippen LogP contribution is 2.18. The Labute approximate surface area is 143 Å². The van der Waals surface area contributed by atoms with Gasteiger partial charge in [-0.1, -0.05) is 26.0 Å². The first kappa shape index (κ1) is 18.3. The lowest BCUT2D eigenvalue weighted by Gasteiger charge is -2.31. The van der Waals surface area contributed by atoms with Crippen molar-refractivity contribution in [3.05, 3.63) is 35.6 Å². The molecule has 0 aromatic heterocycles. The molecule has 3 nitrogen and oxygen atoms in total. The molecule has 0 saturated carbocycles. The molecule has 0 radical (unpaired) electrons. The summed E-state index contributed by atoms with van der Waals surface area (Å²) >= 11 is 1.99. The highest BCUT2D eigenvalue weighted by Gasteiger charge is 2.24. The van der Waals surface area contributed by atoms with Gasteiger partial charge < -0.3 is 10.2 Å². The van der Waals surface area contributed by atoms with Gasteiger partial charge in [0.05, 0.1) is 0 Å². The zero-order valence-electron chi connectivity index (χ0n) is 14.1. The summed E-state index contributed by atoms with van der Waals surface area (Å²) in [6, 6.07) is 6.28. The zero-order valence-corrected chi connectivity index (χ0v) is 14.9. The Hall–Kier alpha value is -1.07. The van der Waals surface area contributed by atoms with Crippen molar-refractivity contribution < 1.29 is 9.18 Å². The van der Waals surface area contributed by atoms with E-state index in [1.54, 1.807) is 12.1 Å². The summed E-state index contributed by atoms with van der Waals surface area (Å²) < 4.78 is 12.9. The van der Waals surface area contributed by atoms with Gasteiger partial charge in [0.15, 0.2) is 0 Å². The second-order valence-electron chi connectivity index (χ2n) is 6.38. The van der Waals surface area contributed by atoms with Crippen LogP contribution in [0.4, 0.5) is 4.39 Å². The van der Waals surface area contributed by atoms with Gasteiger partial charge >= 0.3 is 0 Å². The van der Waals surface area contributed by atoms with Crippen LogP contribution in [0.2, 0.25) is 0 Å². The van der Waals surface area contributed by atoms with E-state index in [9.17, 15) is 9.18 Å². The third-order valence-electron chi connectivity index (χ3n) is 4.20. The van der Waals surface area contributed by atoms with Crippen LogP contribution in [0, 0.1) is 11.7 Å². The van der Waals surface area contributed by atoms with Crippen molar-refractivity contribution in [2.24, 2.45) is 5.92 Å². The number of piperidine rings is 1. The maximum absolute atomic E-state index is 12.9. The number of carbonyl (C=O) groups is 1. The van der Waals surface area contributed by atoms with Crippen molar-refractivity contribution in [1.82, 2.24) is 10.2 Å². The molecule has 0 atom stereocenters. The lowest BCUT2D eigenvalue weighted by molar-refractivity contribution is -0.126. The third kappa shape index (κ3) is 6.51. The highest BCUT2D eigenvalue weighted by molar-refractivity contribution is 7.99. The van der Waals surface area contributed by atoms with E-state index in [-0.39, 0.29) is 17.6 Å². The fourth-order valence-electron chi connectivity index (χ4n) is 2.77. The van der Waals surface area contributed by atoms with Gasteiger partial charge in [0.25, 0.3) is 0 Å². The second kappa shape index (κ2) is 9.28. The fourth-order valence-corrected chi connectivity index (χ4v) is 3.61. The van der Waals surface area contributed by atoms with E-state index < -0.39 is 0 Å². The van der Waals surface area contributed by atoms with Gasteiger partial charge in [-0.05, 0) is 48.9 Å². The average molecular weight is 338 g/mol. The second-order valence-corrected chi connectivity index (χ2v) is 8.06. The Morgan fingerprint density at radius 3 is 2.57 bits per heavy atom. The lowest BCUT2D eigenvalue weighted by Crippen LogP contribution is -2.41.